The molecule has 190 valence electrons. The summed E-state index contributed by atoms with van der Waals surface area (Å²) >= 11 is 0. The van der Waals surface area contributed by atoms with Crippen molar-refractivity contribution in [1.29, 1.82) is 0 Å². The second-order valence-electron chi connectivity index (χ2n) is 8.73. The third-order valence-corrected chi connectivity index (χ3v) is 6.12. The van der Waals surface area contributed by atoms with E-state index in [1.54, 1.807) is 12.1 Å². The zero-order valence-electron chi connectivity index (χ0n) is 21.4. The van der Waals surface area contributed by atoms with E-state index < -0.39 is 0 Å². The van der Waals surface area contributed by atoms with Gasteiger partial charge in [0.15, 0.2) is 0 Å². The van der Waals surface area contributed by atoms with Crippen molar-refractivity contribution in [3.63, 3.8) is 0 Å². The minimum Gasteiger partial charge on any atom is -0.507 e. The molecule has 0 aliphatic carbocycles. The van der Waals surface area contributed by atoms with E-state index in [1.807, 2.05) is 64.1 Å². The van der Waals surface area contributed by atoms with Gasteiger partial charge in [-0.3, -0.25) is 0 Å². The first kappa shape index (κ1) is 25.6. The summed E-state index contributed by atoms with van der Waals surface area (Å²) in [5.41, 5.74) is 3.04. The lowest BCUT2D eigenvalue weighted by Gasteiger charge is -2.18. The number of hydrogen-bond donors (Lipinski definition) is 2. The van der Waals surface area contributed by atoms with Crippen LogP contribution in [0.4, 0.5) is 0 Å². The third-order valence-electron chi connectivity index (χ3n) is 6.12. The van der Waals surface area contributed by atoms with Crippen LogP contribution in [0.1, 0.15) is 25.0 Å². The van der Waals surface area contributed by atoms with Gasteiger partial charge in [-0.2, -0.15) is 0 Å². The van der Waals surface area contributed by atoms with Crippen LogP contribution < -0.4 is 9.47 Å². The summed E-state index contributed by atoms with van der Waals surface area (Å²) in [6, 6.07) is 15.2. The van der Waals surface area contributed by atoms with Crippen molar-refractivity contribution in [1.82, 2.24) is 0 Å². The smallest absolute Gasteiger partial charge is 0.131 e. The van der Waals surface area contributed by atoms with E-state index in [4.69, 9.17) is 18.9 Å². The van der Waals surface area contributed by atoms with Gasteiger partial charge in [0.2, 0.25) is 0 Å². The van der Waals surface area contributed by atoms with E-state index in [2.05, 4.69) is 0 Å². The summed E-state index contributed by atoms with van der Waals surface area (Å²) in [5.74, 6) is 1.38. The molecule has 0 amide bonds. The number of phenols is 2. The summed E-state index contributed by atoms with van der Waals surface area (Å²) < 4.78 is 23.1. The van der Waals surface area contributed by atoms with E-state index in [1.165, 1.54) is 0 Å². The molecule has 0 spiro atoms. The summed E-state index contributed by atoms with van der Waals surface area (Å²) in [5, 5.41) is 25.6. The highest BCUT2D eigenvalue weighted by atomic mass is 16.5. The van der Waals surface area contributed by atoms with Crippen LogP contribution in [0.2, 0.25) is 0 Å². The van der Waals surface area contributed by atoms with E-state index in [0.29, 0.717) is 73.0 Å². The lowest BCUT2D eigenvalue weighted by Crippen LogP contribution is -2.07. The molecule has 0 aliphatic rings. The highest BCUT2D eigenvalue weighted by Crippen LogP contribution is 2.48. The Kier molecular flexibility index (Phi) is 8.18. The number of aromatic hydroxyl groups is 2. The minimum atomic E-state index is 0.0733. The molecule has 0 atom stereocenters. The molecular weight excluding hydrogens is 456 g/mol. The Morgan fingerprint density at radius 3 is 1.36 bits per heavy atom. The van der Waals surface area contributed by atoms with Gasteiger partial charge in [0, 0.05) is 45.9 Å². The molecule has 4 aromatic carbocycles. The highest BCUT2D eigenvalue weighted by molar-refractivity contribution is 6.04. The number of rotatable bonds is 11. The van der Waals surface area contributed by atoms with Gasteiger partial charge >= 0.3 is 0 Å². The average Bonchev–Trinajstić information content (AvgIpc) is 2.87. The maximum atomic E-state index is 11.4. The Morgan fingerprint density at radius 1 is 0.556 bits per heavy atom. The van der Waals surface area contributed by atoms with Crippen molar-refractivity contribution >= 4 is 21.5 Å². The van der Waals surface area contributed by atoms with Crippen molar-refractivity contribution in [3.05, 3.63) is 59.7 Å². The van der Waals surface area contributed by atoms with Crippen LogP contribution in [0.3, 0.4) is 0 Å². The summed E-state index contributed by atoms with van der Waals surface area (Å²) in [6.07, 6.45) is 0. The molecule has 0 aromatic heterocycles. The number of benzene rings is 4. The Balaban J connectivity index is 1.88. The van der Waals surface area contributed by atoms with Crippen molar-refractivity contribution in [2.45, 2.75) is 27.7 Å². The topological polar surface area (TPSA) is 77.4 Å². The van der Waals surface area contributed by atoms with Gasteiger partial charge in [0.25, 0.3) is 0 Å². The standard InChI is InChI=1S/C30H34O6/c1-5-33-11-13-35-27-17-25(29(31)21-9-7-19(3)15-23(21)27)26-18-28(36-14-12-34-6-2)24-16-20(4)8-10-22(24)30(26)32/h7-10,15-18,31-32H,5-6,11-14H2,1-4H3. The van der Waals surface area contributed by atoms with E-state index in [-0.39, 0.29) is 11.5 Å². The van der Waals surface area contributed by atoms with Gasteiger partial charge in [0.05, 0.1) is 13.2 Å². The second kappa shape index (κ2) is 11.5. The third kappa shape index (κ3) is 5.35. The molecule has 4 rings (SSSR count). The fourth-order valence-electron chi connectivity index (χ4n) is 4.34. The molecule has 0 unspecified atom stereocenters. The van der Waals surface area contributed by atoms with E-state index in [0.717, 1.165) is 21.9 Å². The summed E-state index contributed by atoms with van der Waals surface area (Å²) in [6.45, 7) is 10.8. The van der Waals surface area contributed by atoms with Gasteiger partial charge in [-0.1, -0.05) is 35.4 Å². The normalized spacial score (nSPS) is 11.3. The van der Waals surface area contributed by atoms with Gasteiger partial charge in [-0.05, 0) is 52.0 Å². The summed E-state index contributed by atoms with van der Waals surface area (Å²) in [4.78, 5) is 0. The lowest BCUT2D eigenvalue weighted by molar-refractivity contribution is 0.110. The van der Waals surface area contributed by atoms with Crippen LogP contribution in [0.5, 0.6) is 23.0 Å². The molecule has 0 bridgehead atoms. The number of fused-ring (bicyclic) bond motifs is 2. The predicted octanol–water partition coefficient (Wildman–Crippen LogP) is 6.52. The Morgan fingerprint density at radius 2 is 0.972 bits per heavy atom. The van der Waals surface area contributed by atoms with E-state index in [9.17, 15) is 10.2 Å². The van der Waals surface area contributed by atoms with Gasteiger partial charge in [-0.15, -0.1) is 0 Å². The van der Waals surface area contributed by atoms with Crippen molar-refractivity contribution < 1.29 is 29.2 Å². The second-order valence-corrected chi connectivity index (χ2v) is 8.73. The van der Waals surface area contributed by atoms with Crippen LogP contribution in [0, 0.1) is 13.8 Å². The monoisotopic (exact) mass is 490 g/mol. The molecule has 0 heterocycles. The zero-order valence-corrected chi connectivity index (χ0v) is 21.4. The summed E-state index contributed by atoms with van der Waals surface area (Å²) in [7, 11) is 0. The molecule has 36 heavy (non-hydrogen) atoms. The Labute approximate surface area is 212 Å². The molecule has 0 fully saturated rings. The largest absolute Gasteiger partial charge is 0.507 e. The first-order chi connectivity index (χ1) is 17.4. The molecule has 2 N–H and O–H groups in total. The molecule has 4 aromatic rings. The minimum absolute atomic E-state index is 0.0733. The Bertz CT molecular complexity index is 1260. The molecule has 0 saturated heterocycles. The van der Waals surface area contributed by atoms with Crippen LogP contribution >= 0.6 is 0 Å². The maximum Gasteiger partial charge on any atom is 0.131 e. The number of phenolic OH excluding ortho intramolecular Hbond substituents is 2. The van der Waals surface area contributed by atoms with Crippen LogP contribution in [0.25, 0.3) is 32.7 Å². The van der Waals surface area contributed by atoms with Crippen molar-refractivity contribution in [3.8, 4) is 34.1 Å². The molecule has 6 heteroatoms. The number of aryl methyl sites for hydroxylation is 2. The number of hydrogen-bond acceptors (Lipinski definition) is 6. The first-order valence-corrected chi connectivity index (χ1v) is 12.4. The average molecular weight is 491 g/mol. The maximum absolute atomic E-state index is 11.4. The van der Waals surface area contributed by atoms with Crippen LogP contribution in [0.15, 0.2) is 48.5 Å². The number of ether oxygens (including phenoxy) is 4. The van der Waals surface area contributed by atoms with Crippen LogP contribution in [-0.4, -0.2) is 49.9 Å². The first-order valence-electron chi connectivity index (χ1n) is 12.4. The van der Waals surface area contributed by atoms with Gasteiger partial charge < -0.3 is 29.2 Å². The molecule has 6 nitrogen and oxygen atoms in total. The van der Waals surface area contributed by atoms with Gasteiger partial charge in [0.1, 0.15) is 36.2 Å². The van der Waals surface area contributed by atoms with E-state index >= 15 is 0 Å². The fraction of sp³-hybridized carbons (Fsp3) is 0.333. The van der Waals surface area contributed by atoms with Crippen molar-refractivity contribution in [2.24, 2.45) is 0 Å². The molecule has 0 saturated carbocycles. The highest BCUT2D eigenvalue weighted by Gasteiger charge is 2.20. The molecular formula is C30H34O6. The Hall–Kier alpha value is -3.48. The molecule has 0 radical (unpaired) electrons. The van der Waals surface area contributed by atoms with Crippen molar-refractivity contribution in [2.75, 3.05) is 39.6 Å². The molecule has 0 aliphatic heterocycles. The van der Waals surface area contributed by atoms with Crippen LogP contribution in [-0.2, 0) is 9.47 Å². The zero-order chi connectivity index (χ0) is 25.7. The fourth-order valence-corrected chi connectivity index (χ4v) is 4.34. The lowest BCUT2D eigenvalue weighted by atomic mass is 9.94. The predicted molar refractivity (Wildman–Crippen MR) is 144 cm³/mol. The van der Waals surface area contributed by atoms with Gasteiger partial charge in [-0.25, -0.2) is 0 Å². The SMILES string of the molecule is CCOCCOc1cc(-c2cc(OCCOCC)c3cc(C)ccc3c2O)c(O)c2ccc(C)cc12. The quantitative estimate of drug-likeness (QED) is 0.233.